The smallest absolute Gasteiger partial charge is 0.0164 e. The number of rotatable bonds is 3. The molecule has 2 nitrogen and oxygen atoms in total. The van der Waals surface area contributed by atoms with Gasteiger partial charge in [0.05, 0.1) is 0 Å². The topological polar surface area (TPSA) is 38.0 Å². The molecule has 2 atom stereocenters. The summed E-state index contributed by atoms with van der Waals surface area (Å²) in [5, 5.41) is 3.63. The molecule has 1 rings (SSSR count). The highest BCUT2D eigenvalue weighted by Gasteiger charge is 2.32. The van der Waals surface area contributed by atoms with Gasteiger partial charge in [-0.25, -0.2) is 0 Å². The van der Waals surface area contributed by atoms with Gasteiger partial charge >= 0.3 is 0 Å². The molecule has 1 aliphatic rings. The minimum absolute atomic E-state index is 0.460. The summed E-state index contributed by atoms with van der Waals surface area (Å²) < 4.78 is 0. The predicted molar refractivity (Wildman–Crippen MR) is 57.7 cm³/mol. The molecular weight excluding hydrogens is 160 g/mol. The number of nitrogens with two attached hydrogens (primary N) is 1. The Bertz CT molecular complexity index is 154. The first-order chi connectivity index (χ1) is 6.06. The molecular formula is C11H24N2. The Hall–Kier alpha value is -0.0800. The molecule has 0 radical (unpaired) electrons. The van der Waals surface area contributed by atoms with Crippen LogP contribution in [-0.4, -0.2) is 18.6 Å². The highest BCUT2D eigenvalue weighted by Crippen LogP contribution is 2.35. The molecule has 2 unspecified atom stereocenters. The van der Waals surface area contributed by atoms with Gasteiger partial charge in [0.25, 0.3) is 0 Å². The van der Waals surface area contributed by atoms with Crippen molar-refractivity contribution in [2.24, 2.45) is 11.1 Å². The molecule has 0 spiro atoms. The van der Waals surface area contributed by atoms with E-state index in [1.165, 1.54) is 25.7 Å². The zero-order chi connectivity index (χ0) is 9.90. The third-order valence-electron chi connectivity index (χ3n) is 3.35. The van der Waals surface area contributed by atoms with Gasteiger partial charge in [0.15, 0.2) is 0 Å². The van der Waals surface area contributed by atoms with Crippen molar-refractivity contribution in [3.8, 4) is 0 Å². The van der Waals surface area contributed by atoms with E-state index in [4.69, 9.17) is 5.73 Å². The molecule has 2 heteroatoms. The molecule has 0 aliphatic heterocycles. The van der Waals surface area contributed by atoms with Gasteiger partial charge in [-0.2, -0.15) is 0 Å². The SMILES string of the molecule is CC(CN)NC1CCCCC1(C)C. The normalized spacial score (nSPS) is 30.0. The van der Waals surface area contributed by atoms with Gasteiger partial charge in [-0.15, -0.1) is 0 Å². The van der Waals surface area contributed by atoms with Crippen LogP contribution in [0.25, 0.3) is 0 Å². The Balaban J connectivity index is 2.46. The van der Waals surface area contributed by atoms with E-state index in [9.17, 15) is 0 Å². The van der Waals surface area contributed by atoms with Crippen LogP contribution in [0.4, 0.5) is 0 Å². The summed E-state index contributed by atoms with van der Waals surface area (Å²) >= 11 is 0. The van der Waals surface area contributed by atoms with Gasteiger partial charge in [-0.05, 0) is 25.2 Å². The fourth-order valence-electron chi connectivity index (χ4n) is 2.21. The molecule has 0 aromatic rings. The van der Waals surface area contributed by atoms with E-state index in [2.05, 4.69) is 26.1 Å². The first kappa shape index (κ1) is 11.0. The molecule has 1 saturated carbocycles. The largest absolute Gasteiger partial charge is 0.329 e. The van der Waals surface area contributed by atoms with Gasteiger partial charge in [-0.3, -0.25) is 0 Å². The molecule has 0 heterocycles. The summed E-state index contributed by atoms with van der Waals surface area (Å²) in [5.74, 6) is 0. The van der Waals surface area contributed by atoms with Crippen LogP contribution in [-0.2, 0) is 0 Å². The van der Waals surface area contributed by atoms with E-state index in [1.54, 1.807) is 0 Å². The Morgan fingerprint density at radius 3 is 2.69 bits per heavy atom. The van der Waals surface area contributed by atoms with E-state index >= 15 is 0 Å². The lowest BCUT2D eigenvalue weighted by Crippen LogP contribution is -2.49. The van der Waals surface area contributed by atoms with Crippen LogP contribution in [0.5, 0.6) is 0 Å². The highest BCUT2D eigenvalue weighted by molar-refractivity contribution is 4.89. The molecule has 0 bridgehead atoms. The highest BCUT2D eigenvalue weighted by atomic mass is 15.0. The maximum atomic E-state index is 5.62. The lowest BCUT2D eigenvalue weighted by molar-refractivity contribution is 0.158. The van der Waals surface area contributed by atoms with Crippen LogP contribution < -0.4 is 11.1 Å². The number of hydrogen-bond donors (Lipinski definition) is 2. The van der Waals surface area contributed by atoms with Gasteiger partial charge in [-0.1, -0.05) is 26.7 Å². The zero-order valence-corrected chi connectivity index (χ0v) is 9.27. The number of nitrogens with one attached hydrogen (secondary N) is 1. The Kier molecular flexibility index (Phi) is 3.74. The molecule has 3 N–H and O–H groups in total. The fraction of sp³-hybridized carbons (Fsp3) is 1.00. The Labute approximate surface area is 82.3 Å². The summed E-state index contributed by atoms with van der Waals surface area (Å²) in [6.07, 6.45) is 5.43. The third-order valence-corrected chi connectivity index (χ3v) is 3.35. The van der Waals surface area contributed by atoms with Crippen molar-refractivity contribution >= 4 is 0 Å². The third kappa shape index (κ3) is 2.96. The summed E-state index contributed by atoms with van der Waals surface area (Å²) in [6, 6.07) is 1.13. The monoisotopic (exact) mass is 184 g/mol. The minimum Gasteiger partial charge on any atom is -0.329 e. The van der Waals surface area contributed by atoms with Gasteiger partial charge in [0, 0.05) is 18.6 Å². The zero-order valence-electron chi connectivity index (χ0n) is 9.27. The van der Waals surface area contributed by atoms with Gasteiger partial charge in [0.1, 0.15) is 0 Å². The molecule has 0 saturated heterocycles. The van der Waals surface area contributed by atoms with Crippen LogP contribution in [0.1, 0.15) is 46.5 Å². The first-order valence-electron chi connectivity index (χ1n) is 5.52. The maximum Gasteiger partial charge on any atom is 0.0164 e. The second-order valence-electron chi connectivity index (χ2n) is 5.09. The van der Waals surface area contributed by atoms with Crippen molar-refractivity contribution in [1.29, 1.82) is 0 Å². The molecule has 1 aliphatic carbocycles. The second-order valence-corrected chi connectivity index (χ2v) is 5.09. The van der Waals surface area contributed by atoms with Crippen LogP contribution in [0.3, 0.4) is 0 Å². The Morgan fingerprint density at radius 1 is 1.46 bits per heavy atom. The molecule has 0 aromatic heterocycles. The summed E-state index contributed by atoms with van der Waals surface area (Å²) in [5.41, 5.74) is 6.08. The summed E-state index contributed by atoms with van der Waals surface area (Å²) in [7, 11) is 0. The van der Waals surface area contributed by atoms with E-state index in [0.717, 1.165) is 6.54 Å². The lowest BCUT2D eigenvalue weighted by atomic mass is 9.73. The standard InChI is InChI=1S/C11H24N2/c1-9(8-12)13-10-6-4-5-7-11(10,2)3/h9-10,13H,4-8,12H2,1-3H3. The Morgan fingerprint density at radius 2 is 2.15 bits per heavy atom. The van der Waals surface area contributed by atoms with Gasteiger partial charge < -0.3 is 11.1 Å². The second kappa shape index (κ2) is 4.43. The maximum absolute atomic E-state index is 5.62. The number of hydrogen-bond acceptors (Lipinski definition) is 2. The van der Waals surface area contributed by atoms with Gasteiger partial charge in [0.2, 0.25) is 0 Å². The van der Waals surface area contributed by atoms with E-state index in [-0.39, 0.29) is 0 Å². The average molecular weight is 184 g/mol. The van der Waals surface area contributed by atoms with Crippen molar-refractivity contribution in [3.05, 3.63) is 0 Å². The molecule has 1 fully saturated rings. The molecule has 0 aromatic carbocycles. The van der Waals surface area contributed by atoms with Crippen molar-refractivity contribution in [2.75, 3.05) is 6.54 Å². The lowest BCUT2D eigenvalue weighted by Gasteiger charge is -2.40. The van der Waals surface area contributed by atoms with E-state index in [0.29, 0.717) is 17.5 Å². The first-order valence-corrected chi connectivity index (χ1v) is 5.52. The van der Waals surface area contributed by atoms with Crippen molar-refractivity contribution in [1.82, 2.24) is 5.32 Å². The average Bonchev–Trinajstić information content (AvgIpc) is 2.08. The van der Waals surface area contributed by atoms with Crippen LogP contribution in [0, 0.1) is 5.41 Å². The van der Waals surface area contributed by atoms with Crippen molar-refractivity contribution in [3.63, 3.8) is 0 Å². The predicted octanol–water partition coefficient (Wildman–Crippen LogP) is 1.89. The van der Waals surface area contributed by atoms with E-state index in [1.807, 2.05) is 0 Å². The van der Waals surface area contributed by atoms with Crippen molar-refractivity contribution < 1.29 is 0 Å². The minimum atomic E-state index is 0.460. The molecule has 78 valence electrons. The quantitative estimate of drug-likeness (QED) is 0.703. The van der Waals surface area contributed by atoms with Crippen LogP contribution in [0.2, 0.25) is 0 Å². The summed E-state index contributed by atoms with van der Waals surface area (Å²) in [6.45, 7) is 7.65. The fourth-order valence-corrected chi connectivity index (χ4v) is 2.21. The van der Waals surface area contributed by atoms with E-state index < -0.39 is 0 Å². The molecule has 0 amide bonds. The van der Waals surface area contributed by atoms with Crippen molar-refractivity contribution in [2.45, 2.75) is 58.5 Å². The summed E-state index contributed by atoms with van der Waals surface area (Å²) in [4.78, 5) is 0. The van der Waals surface area contributed by atoms with Crippen LogP contribution in [0.15, 0.2) is 0 Å². The molecule has 13 heavy (non-hydrogen) atoms. The van der Waals surface area contributed by atoms with Crippen LogP contribution >= 0.6 is 0 Å².